The zero-order valence-electron chi connectivity index (χ0n) is 8.07. The van der Waals surface area contributed by atoms with E-state index in [-0.39, 0.29) is 6.61 Å². The van der Waals surface area contributed by atoms with E-state index in [9.17, 15) is 9.59 Å². The molecule has 6 heteroatoms. The van der Waals surface area contributed by atoms with E-state index in [0.717, 1.165) is 4.73 Å². The number of aryl methyl sites for hydroxylation is 1. The molecule has 0 atom stereocenters. The van der Waals surface area contributed by atoms with Crippen LogP contribution in [0.25, 0.3) is 0 Å². The first kappa shape index (κ1) is 10.5. The van der Waals surface area contributed by atoms with Crippen molar-refractivity contribution in [1.29, 1.82) is 0 Å². The van der Waals surface area contributed by atoms with Crippen molar-refractivity contribution in [2.75, 3.05) is 20.3 Å². The molecule has 0 saturated heterocycles. The van der Waals surface area contributed by atoms with E-state index in [0.29, 0.717) is 12.2 Å². The lowest BCUT2D eigenvalue weighted by atomic mass is 10.4. The highest BCUT2D eigenvalue weighted by Gasteiger charge is 2.00. The van der Waals surface area contributed by atoms with Gasteiger partial charge in [-0.15, -0.1) is 4.73 Å². The first-order chi connectivity index (χ1) is 6.65. The summed E-state index contributed by atoms with van der Waals surface area (Å²) in [4.78, 5) is 29.2. The molecule has 1 N–H and O–H groups in total. The Morgan fingerprint density at radius 3 is 2.79 bits per heavy atom. The molecule has 6 nitrogen and oxygen atoms in total. The summed E-state index contributed by atoms with van der Waals surface area (Å²) in [5, 5.41) is 0. The standard InChI is InChI=1S/C8H12N2O4/c1-6-5-10(14-4-3-13-2)8(12)9-7(6)11/h5H,3-4H2,1-2H3,(H,9,11,12). The van der Waals surface area contributed by atoms with Crippen LogP contribution in [0.1, 0.15) is 5.56 Å². The largest absolute Gasteiger partial charge is 0.407 e. The van der Waals surface area contributed by atoms with Crippen LogP contribution in [-0.4, -0.2) is 30.0 Å². The summed E-state index contributed by atoms with van der Waals surface area (Å²) in [5.41, 5.74) is -0.569. The smallest absolute Gasteiger partial charge is 0.361 e. The average Bonchev–Trinajstić information content (AvgIpc) is 2.14. The summed E-state index contributed by atoms with van der Waals surface area (Å²) in [5.74, 6) is 0. The van der Waals surface area contributed by atoms with Crippen LogP contribution in [0.15, 0.2) is 15.8 Å². The molecule has 0 aliphatic heterocycles. The van der Waals surface area contributed by atoms with Crippen LogP contribution in [-0.2, 0) is 4.74 Å². The number of nitrogens with one attached hydrogen (secondary N) is 1. The molecule has 1 aromatic heterocycles. The predicted octanol–water partition coefficient (Wildman–Crippen LogP) is -1.08. The number of hydrogen-bond acceptors (Lipinski definition) is 4. The zero-order chi connectivity index (χ0) is 10.6. The molecule has 0 radical (unpaired) electrons. The number of aromatic amines is 1. The van der Waals surface area contributed by atoms with Crippen LogP contribution in [0.5, 0.6) is 0 Å². The van der Waals surface area contributed by atoms with E-state index >= 15 is 0 Å². The molecule has 0 bridgehead atoms. The maximum absolute atomic E-state index is 11.1. The second kappa shape index (κ2) is 4.61. The first-order valence-electron chi connectivity index (χ1n) is 4.10. The van der Waals surface area contributed by atoms with Crippen molar-refractivity contribution < 1.29 is 9.57 Å². The molecule has 1 aromatic rings. The lowest BCUT2D eigenvalue weighted by molar-refractivity contribution is 0.0500. The van der Waals surface area contributed by atoms with E-state index in [4.69, 9.17) is 9.57 Å². The number of ether oxygens (including phenoxy) is 1. The Balaban J connectivity index is 2.82. The quantitative estimate of drug-likeness (QED) is 0.627. The van der Waals surface area contributed by atoms with E-state index in [2.05, 4.69) is 4.98 Å². The minimum Gasteiger partial charge on any atom is -0.407 e. The van der Waals surface area contributed by atoms with E-state index in [1.165, 1.54) is 13.3 Å². The van der Waals surface area contributed by atoms with Crippen molar-refractivity contribution in [2.24, 2.45) is 0 Å². The third-order valence-electron chi connectivity index (χ3n) is 1.61. The SMILES string of the molecule is COCCOn1cc(C)c(=O)[nH]c1=O. The first-order valence-corrected chi connectivity index (χ1v) is 4.10. The molecule has 0 amide bonds. The van der Waals surface area contributed by atoms with Crippen molar-refractivity contribution in [1.82, 2.24) is 9.71 Å². The Morgan fingerprint density at radius 2 is 2.14 bits per heavy atom. The van der Waals surface area contributed by atoms with Gasteiger partial charge in [-0.25, -0.2) is 4.79 Å². The van der Waals surface area contributed by atoms with Crippen LogP contribution >= 0.6 is 0 Å². The number of H-pyrrole nitrogens is 1. The third-order valence-corrected chi connectivity index (χ3v) is 1.61. The van der Waals surface area contributed by atoms with Crippen molar-refractivity contribution in [2.45, 2.75) is 6.92 Å². The summed E-state index contributed by atoms with van der Waals surface area (Å²) < 4.78 is 5.73. The highest BCUT2D eigenvalue weighted by Crippen LogP contribution is 1.80. The number of aromatic nitrogens is 2. The van der Waals surface area contributed by atoms with Gasteiger partial charge < -0.3 is 9.57 Å². The summed E-state index contributed by atoms with van der Waals surface area (Å²) >= 11 is 0. The predicted molar refractivity (Wildman–Crippen MR) is 49.4 cm³/mol. The van der Waals surface area contributed by atoms with Gasteiger partial charge >= 0.3 is 5.69 Å². The van der Waals surface area contributed by atoms with Crippen LogP contribution in [0.3, 0.4) is 0 Å². The number of nitrogens with zero attached hydrogens (tertiary/aromatic N) is 1. The van der Waals surface area contributed by atoms with Gasteiger partial charge in [0, 0.05) is 12.7 Å². The minimum atomic E-state index is -0.586. The lowest BCUT2D eigenvalue weighted by Gasteiger charge is -2.06. The maximum Gasteiger partial charge on any atom is 0.361 e. The Morgan fingerprint density at radius 1 is 1.43 bits per heavy atom. The number of rotatable bonds is 4. The van der Waals surface area contributed by atoms with Gasteiger partial charge in [-0.3, -0.25) is 9.78 Å². The molecule has 1 rings (SSSR count). The van der Waals surface area contributed by atoms with Gasteiger partial charge in [-0.2, -0.15) is 0 Å². The van der Waals surface area contributed by atoms with E-state index < -0.39 is 11.2 Å². The van der Waals surface area contributed by atoms with Gasteiger partial charge in [0.15, 0.2) is 0 Å². The van der Waals surface area contributed by atoms with Gasteiger partial charge in [0.1, 0.15) is 6.61 Å². The lowest BCUT2D eigenvalue weighted by Crippen LogP contribution is -2.35. The van der Waals surface area contributed by atoms with Crippen LogP contribution in [0.4, 0.5) is 0 Å². The topological polar surface area (TPSA) is 73.3 Å². The van der Waals surface area contributed by atoms with Gasteiger partial charge in [0.25, 0.3) is 5.56 Å². The zero-order valence-corrected chi connectivity index (χ0v) is 8.07. The fourth-order valence-corrected chi connectivity index (χ4v) is 0.859. The monoisotopic (exact) mass is 200 g/mol. The van der Waals surface area contributed by atoms with Crippen LogP contribution in [0, 0.1) is 6.92 Å². The van der Waals surface area contributed by atoms with Crippen LogP contribution < -0.4 is 16.1 Å². The molecular weight excluding hydrogens is 188 g/mol. The fourth-order valence-electron chi connectivity index (χ4n) is 0.859. The molecule has 1 heterocycles. The summed E-state index contributed by atoms with van der Waals surface area (Å²) in [7, 11) is 1.53. The molecular formula is C8H12N2O4. The Labute approximate surface area is 80.0 Å². The van der Waals surface area contributed by atoms with Crippen molar-refractivity contribution in [3.63, 3.8) is 0 Å². The molecule has 0 aliphatic carbocycles. The number of hydrogen-bond donors (Lipinski definition) is 1. The van der Waals surface area contributed by atoms with Gasteiger partial charge in [0.2, 0.25) is 0 Å². The highest BCUT2D eigenvalue weighted by atomic mass is 16.7. The van der Waals surface area contributed by atoms with E-state index in [1.54, 1.807) is 6.92 Å². The Kier molecular flexibility index (Phi) is 3.47. The van der Waals surface area contributed by atoms with Crippen molar-refractivity contribution in [3.05, 3.63) is 32.6 Å². The highest BCUT2D eigenvalue weighted by molar-refractivity contribution is 4.99. The number of methoxy groups -OCH3 is 1. The maximum atomic E-state index is 11.1. The van der Waals surface area contributed by atoms with Gasteiger partial charge in [0.05, 0.1) is 12.8 Å². The Bertz CT molecular complexity index is 407. The van der Waals surface area contributed by atoms with Gasteiger partial charge in [-0.05, 0) is 6.92 Å². The molecule has 0 fully saturated rings. The van der Waals surface area contributed by atoms with Crippen molar-refractivity contribution in [3.8, 4) is 0 Å². The third kappa shape index (κ3) is 2.46. The molecule has 0 unspecified atom stereocenters. The molecule has 0 saturated carbocycles. The minimum absolute atomic E-state index is 0.252. The van der Waals surface area contributed by atoms with Crippen molar-refractivity contribution >= 4 is 0 Å². The second-order valence-electron chi connectivity index (χ2n) is 2.72. The molecule has 0 spiro atoms. The van der Waals surface area contributed by atoms with E-state index in [1.807, 2.05) is 0 Å². The second-order valence-corrected chi connectivity index (χ2v) is 2.72. The molecule has 0 aliphatic rings. The molecule has 78 valence electrons. The fraction of sp³-hybridized carbons (Fsp3) is 0.500. The average molecular weight is 200 g/mol. The Hall–Kier alpha value is -1.56. The van der Waals surface area contributed by atoms with Crippen LogP contribution in [0.2, 0.25) is 0 Å². The normalized spacial score (nSPS) is 10.1. The molecule has 0 aromatic carbocycles. The summed E-state index contributed by atoms with van der Waals surface area (Å²) in [6.45, 7) is 2.22. The summed E-state index contributed by atoms with van der Waals surface area (Å²) in [6, 6.07) is 0. The van der Waals surface area contributed by atoms with Gasteiger partial charge in [-0.1, -0.05) is 0 Å². The summed E-state index contributed by atoms with van der Waals surface area (Å²) in [6.07, 6.45) is 1.34. The molecule has 14 heavy (non-hydrogen) atoms.